The maximum Gasteiger partial charge on any atom is 0.140 e. The van der Waals surface area contributed by atoms with Crippen LogP contribution in [0.15, 0.2) is 86.2 Å². The Hall–Kier alpha value is -0.940. The lowest BCUT2D eigenvalue weighted by atomic mass is 9.80. The van der Waals surface area contributed by atoms with Crippen molar-refractivity contribution in [3.63, 3.8) is 0 Å². The number of hydrogen-bond acceptors (Lipinski definition) is 1. The summed E-state index contributed by atoms with van der Waals surface area (Å²) < 4.78 is 2.95. The molecule has 0 heterocycles. The van der Waals surface area contributed by atoms with Gasteiger partial charge in [-0.15, -0.1) is 0 Å². The van der Waals surface area contributed by atoms with Crippen LogP contribution in [0.5, 0.6) is 0 Å². The summed E-state index contributed by atoms with van der Waals surface area (Å²) in [5.74, 6) is 0. The fourth-order valence-electron chi connectivity index (χ4n) is 2.57. The molecule has 0 aliphatic heterocycles. The number of aliphatic hydroxyl groups is 1. The summed E-state index contributed by atoms with van der Waals surface area (Å²) in [6.07, 6.45) is 0. The van der Waals surface area contributed by atoms with Gasteiger partial charge in [0.25, 0.3) is 0 Å². The first kappa shape index (κ1) is 16.9. The molecule has 3 aromatic carbocycles. The van der Waals surface area contributed by atoms with Gasteiger partial charge in [-0.25, -0.2) is 0 Å². The van der Waals surface area contributed by atoms with Gasteiger partial charge in [0, 0.05) is 13.4 Å². The Morgan fingerprint density at radius 2 is 0.696 bits per heavy atom. The van der Waals surface area contributed by atoms with Crippen molar-refractivity contribution in [3.05, 3.63) is 103 Å². The van der Waals surface area contributed by atoms with Gasteiger partial charge in [-0.2, -0.15) is 0 Å². The SMILES string of the molecule is OC(c1ccc(Br)cc1)(c1ccc(Br)cc1)c1ccc(Br)cc1. The van der Waals surface area contributed by atoms with Gasteiger partial charge >= 0.3 is 0 Å². The second-order valence-corrected chi connectivity index (χ2v) is 7.98. The fourth-order valence-corrected chi connectivity index (χ4v) is 3.37. The minimum absolute atomic E-state index is 0.824. The van der Waals surface area contributed by atoms with E-state index >= 15 is 0 Å². The third-order valence-corrected chi connectivity index (χ3v) is 5.37. The molecule has 0 saturated heterocycles. The molecular formula is C19H13Br3O. The van der Waals surface area contributed by atoms with E-state index in [0.717, 1.165) is 30.1 Å². The maximum absolute atomic E-state index is 11.7. The first-order valence-electron chi connectivity index (χ1n) is 7.00. The number of hydrogen-bond donors (Lipinski definition) is 1. The van der Waals surface area contributed by atoms with Crippen LogP contribution < -0.4 is 0 Å². The van der Waals surface area contributed by atoms with Gasteiger partial charge in [-0.1, -0.05) is 84.2 Å². The Morgan fingerprint density at radius 1 is 0.478 bits per heavy atom. The molecule has 1 N–H and O–H groups in total. The predicted molar refractivity (Wildman–Crippen MR) is 105 cm³/mol. The molecule has 0 aliphatic rings. The molecule has 0 saturated carbocycles. The van der Waals surface area contributed by atoms with Crippen molar-refractivity contribution in [1.82, 2.24) is 0 Å². The summed E-state index contributed by atoms with van der Waals surface area (Å²) in [5, 5.41) is 11.7. The van der Waals surface area contributed by atoms with Gasteiger partial charge in [0.1, 0.15) is 5.60 Å². The van der Waals surface area contributed by atoms with Crippen molar-refractivity contribution >= 4 is 47.8 Å². The largest absolute Gasteiger partial charge is 0.376 e. The predicted octanol–water partition coefficient (Wildman–Crippen LogP) is 6.26. The zero-order chi connectivity index (χ0) is 16.4. The van der Waals surface area contributed by atoms with Crippen LogP contribution in [0, 0.1) is 0 Å². The molecule has 1 nitrogen and oxygen atoms in total. The van der Waals surface area contributed by atoms with E-state index in [-0.39, 0.29) is 0 Å². The highest BCUT2D eigenvalue weighted by atomic mass is 79.9. The molecule has 4 heteroatoms. The van der Waals surface area contributed by atoms with Crippen molar-refractivity contribution in [2.24, 2.45) is 0 Å². The van der Waals surface area contributed by atoms with E-state index in [1.54, 1.807) is 0 Å². The van der Waals surface area contributed by atoms with E-state index in [9.17, 15) is 5.11 Å². The first-order chi connectivity index (χ1) is 11.0. The van der Waals surface area contributed by atoms with E-state index in [4.69, 9.17) is 0 Å². The Kier molecular flexibility index (Phi) is 5.07. The lowest BCUT2D eigenvalue weighted by molar-refractivity contribution is 0.125. The highest BCUT2D eigenvalue weighted by molar-refractivity contribution is 9.11. The van der Waals surface area contributed by atoms with Gasteiger partial charge < -0.3 is 5.11 Å². The van der Waals surface area contributed by atoms with Crippen molar-refractivity contribution in [1.29, 1.82) is 0 Å². The third kappa shape index (κ3) is 3.45. The Balaban J connectivity index is 2.21. The van der Waals surface area contributed by atoms with Crippen LogP contribution in [0.3, 0.4) is 0 Å². The lowest BCUT2D eigenvalue weighted by Gasteiger charge is -2.30. The highest BCUT2D eigenvalue weighted by Gasteiger charge is 2.33. The molecule has 0 atom stereocenters. The molecule has 0 amide bonds. The first-order valence-corrected chi connectivity index (χ1v) is 9.38. The molecule has 0 spiro atoms. The molecule has 0 aliphatic carbocycles. The molecular weight excluding hydrogens is 484 g/mol. The van der Waals surface area contributed by atoms with Crippen LogP contribution in [0.4, 0.5) is 0 Å². The van der Waals surface area contributed by atoms with E-state index < -0.39 is 5.60 Å². The summed E-state index contributed by atoms with van der Waals surface area (Å²) >= 11 is 10.3. The van der Waals surface area contributed by atoms with Crippen LogP contribution in [0.1, 0.15) is 16.7 Å². The lowest BCUT2D eigenvalue weighted by Crippen LogP contribution is -2.28. The Bertz CT molecular complexity index is 683. The van der Waals surface area contributed by atoms with Gasteiger partial charge in [0.05, 0.1) is 0 Å². The van der Waals surface area contributed by atoms with E-state index in [2.05, 4.69) is 47.8 Å². The maximum atomic E-state index is 11.7. The van der Waals surface area contributed by atoms with Crippen LogP contribution in [0.2, 0.25) is 0 Å². The van der Waals surface area contributed by atoms with E-state index in [0.29, 0.717) is 0 Å². The minimum Gasteiger partial charge on any atom is -0.376 e. The summed E-state index contributed by atoms with van der Waals surface area (Å²) in [7, 11) is 0. The van der Waals surface area contributed by atoms with E-state index in [1.165, 1.54) is 0 Å². The molecule has 0 fully saturated rings. The summed E-state index contributed by atoms with van der Waals surface area (Å²) in [5.41, 5.74) is 1.27. The van der Waals surface area contributed by atoms with Gasteiger partial charge in [0.15, 0.2) is 0 Å². The summed E-state index contributed by atoms with van der Waals surface area (Å²) in [6, 6.07) is 23.3. The molecule has 0 aromatic heterocycles. The smallest absolute Gasteiger partial charge is 0.140 e. The fraction of sp³-hybridized carbons (Fsp3) is 0.0526. The number of benzene rings is 3. The molecule has 0 radical (unpaired) electrons. The minimum atomic E-state index is -1.21. The molecule has 3 aromatic rings. The quantitative estimate of drug-likeness (QED) is 0.424. The topological polar surface area (TPSA) is 20.2 Å². The van der Waals surface area contributed by atoms with Crippen molar-refractivity contribution < 1.29 is 5.11 Å². The second-order valence-electron chi connectivity index (χ2n) is 5.23. The van der Waals surface area contributed by atoms with Crippen LogP contribution >= 0.6 is 47.8 Å². The molecule has 0 unspecified atom stereocenters. The van der Waals surface area contributed by atoms with Crippen LogP contribution in [0.25, 0.3) is 0 Å². The van der Waals surface area contributed by atoms with Gasteiger partial charge in [0.2, 0.25) is 0 Å². The van der Waals surface area contributed by atoms with Gasteiger partial charge in [-0.05, 0) is 53.1 Å². The zero-order valence-electron chi connectivity index (χ0n) is 12.0. The van der Waals surface area contributed by atoms with Crippen molar-refractivity contribution in [3.8, 4) is 0 Å². The normalized spacial score (nSPS) is 11.5. The monoisotopic (exact) mass is 494 g/mol. The average molecular weight is 497 g/mol. The van der Waals surface area contributed by atoms with Crippen LogP contribution in [-0.2, 0) is 5.60 Å². The second kappa shape index (κ2) is 6.89. The molecule has 0 bridgehead atoms. The van der Waals surface area contributed by atoms with Gasteiger partial charge in [-0.3, -0.25) is 0 Å². The summed E-state index contributed by atoms with van der Waals surface area (Å²) in [4.78, 5) is 0. The Labute approximate surface area is 160 Å². The molecule has 23 heavy (non-hydrogen) atoms. The molecule has 3 rings (SSSR count). The number of halogens is 3. The molecule has 116 valence electrons. The van der Waals surface area contributed by atoms with E-state index in [1.807, 2.05) is 72.8 Å². The standard InChI is InChI=1S/C19H13Br3O/c20-16-7-1-13(2-8-16)19(23,14-3-9-17(21)10-4-14)15-5-11-18(22)12-6-15/h1-12,23H. The van der Waals surface area contributed by atoms with Crippen molar-refractivity contribution in [2.75, 3.05) is 0 Å². The van der Waals surface area contributed by atoms with Crippen LogP contribution in [-0.4, -0.2) is 5.11 Å². The average Bonchev–Trinajstić information content (AvgIpc) is 2.56. The number of rotatable bonds is 3. The summed E-state index contributed by atoms with van der Waals surface area (Å²) in [6.45, 7) is 0. The van der Waals surface area contributed by atoms with Crippen molar-refractivity contribution in [2.45, 2.75) is 5.60 Å². The Morgan fingerprint density at radius 3 is 0.913 bits per heavy atom. The third-order valence-electron chi connectivity index (χ3n) is 3.79. The zero-order valence-corrected chi connectivity index (χ0v) is 16.8. The highest BCUT2D eigenvalue weighted by Crippen LogP contribution is 2.38.